The molecule has 0 radical (unpaired) electrons. The third-order valence-electron chi connectivity index (χ3n) is 2.03. The molecule has 12 heavy (non-hydrogen) atoms. The van der Waals surface area contributed by atoms with Crippen LogP contribution in [0.5, 0.6) is 0 Å². The molecular weight excluding hydrogens is 170 g/mol. The molecule has 3 nitrogen and oxygen atoms in total. The highest BCUT2D eigenvalue weighted by atomic mass is 32.1. The van der Waals surface area contributed by atoms with E-state index >= 15 is 0 Å². The molecule has 0 atom stereocenters. The minimum atomic E-state index is 0.489. The van der Waals surface area contributed by atoms with E-state index < -0.39 is 0 Å². The molecule has 4 heteroatoms. The standard InChI is InChI=1S/C8H15N3S/c1-5(2)11(4)8-6(3)7(9)10-12-8/h5H,1-4H3,(H2,9,10). The topological polar surface area (TPSA) is 42.1 Å². The van der Waals surface area contributed by atoms with Gasteiger partial charge in [-0.2, -0.15) is 4.37 Å². The Morgan fingerprint density at radius 1 is 1.50 bits per heavy atom. The van der Waals surface area contributed by atoms with Gasteiger partial charge >= 0.3 is 0 Å². The van der Waals surface area contributed by atoms with Crippen molar-refractivity contribution in [3.8, 4) is 0 Å². The molecule has 0 saturated carbocycles. The number of hydrogen-bond acceptors (Lipinski definition) is 4. The maximum absolute atomic E-state index is 5.65. The van der Waals surface area contributed by atoms with Gasteiger partial charge in [0.05, 0.1) is 0 Å². The van der Waals surface area contributed by atoms with Crippen LogP contribution in [-0.2, 0) is 0 Å². The average Bonchev–Trinajstić information content (AvgIpc) is 2.32. The second kappa shape index (κ2) is 3.31. The molecule has 0 aromatic carbocycles. The van der Waals surface area contributed by atoms with Crippen LogP contribution in [0.3, 0.4) is 0 Å². The van der Waals surface area contributed by atoms with Crippen molar-refractivity contribution in [2.75, 3.05) is 17.7 Å². The number of hydrogen-bond donors (Lipinski definition) is 1. The first-order valence-corrected chi connectivity index (χ1v) is 4.76. The summed E-state index contributed by atoms with van der Waals surface area (Å²) in [7, 11) is 2.06. The van der Waals surface area contributed by atoms with Crippen LogP contribution in [0, 0.1) is 6.92 Å². The summed E-state index contributed by atoms with van der Waals surface area (Å²) in [6.07, 6.45) is 0. The minimum absolute atomic E-state index is 0.489. The average molecular weight is 185 g/mol. The summed E-state index contributed by atoms with van der Waals surface area (Å²) in [4.78, 5) is 2.18. The molecule has 0 amide bonds. The number of rotatable bonds is 2. The van der Waals surface area contributed by atoms with Gasteiger partial charge < -0.3 is 10.6 Å². The van der Waals surface area contributed by atoms with E-state index in [1.807, 2.05) is 6.92 Å². The van der Waals surface area contributed by atoms with Crippen molar-refractivity contribution in [3.05, 3.63) is 5.56 Å². The molecular formula is C8H15N3S. The first-order chi connectivity index (χ1) is 5.54. The lowest BCUT2D eigenvalue weighted by Crippen LogP contribution is -2.25. The van der Waals surface area contributed by atoms with Gasteiger partial charge in [-0.25, -0.2) is 0 Å². The highest BCUT2D eigenvalue weighted by Crippen LogP contribution is 2.29. The number of anilines is 2. The molecule has 1 aromatic rings. The quantitative estimate of drug-likeness (QED) is 0.765. The predicted molar refractivity (Wildman–Crippen MR) is 54.8 cm³/mol. The fourth-order valence-electron chi connectivity index (χ4n) is 0.902. The van der Waals surface area contributed by atoms with Crippen LogP contribution in [0.4, 0.5) is 10.8 Å². The van der Waals surface area contributed by atoms with Gasteiger partial charge in [-0.3, -0.25) is 0 Å². The van der Waals surface area contributed by atoms with Crippen molar-refractivity contribution in [2.45, 2.75) is 26.8 Å². The van der Waals surface area contributed by atoms with E-state index in [9.17, 15) is 0 Å². The molecule has 0 aliphatic heterocycles. The second-order valence-electron chi connectivity index (χ2n) is 3.20. The lowest BCUT2D eigenvalue weighted by molar-refractivity contribution is 0.759. The zero-order chi connectivity index (χ0) is 9.30. The van der Waals surface area contributed by atoms with Gasteiger partial charge in [0.2, 0.25) is 0 Å². The first kappa shape index (κ1) is 9.32. The number of nitrogens with two attached hydrogens (primary N) is 1. The molecule has 2 N–H and O–H groups in total. The Labute approximate surface area is 77.4 Å². The van der Waals surface area contributed by atoms with Crippen LogP contribution in [0.25, 0.3) is 0 Å². The third-order valence-corrected chi connectivity index (χ3v) is 3.09. The second-order valence-corrected chi connectivity index (χ2v) is 3.95. The minimum Gasteiger partial charge on any atom is -0.383 e. The maximum Gasteiger partial charge on any atom is 0.142 e. The van der Waals surface area contributed by atoms with E-state index in [0.29, 0.717) is 11.9 Å². The van der Waals surface area contributed by atoms with Crippen molar-refractivity contribution < 1.29 is 0 Å². The zero-order valence-electron chi connectivity index (χ0n) is 7.96. The van der Waals surface area contributed by atoms with Crippen LogP contribution in [0.1, 0.15) is 19.4 Å². The molecule has 0 spiro atoms. The van der Waals surface area contributed by atoms with Crippen LogP contribution in [0.2, 0.25) is 0 Å². The van der Waals surface area contributed by atoms with Crippen molar-refractivity contribution in [1.82, 2.24) is 4.37 Å². The van der Waals surface area contributed by atoms with Crippen molar-refractivity contribution in [3.63, 3.8) is 0 Å². The molecule has 1 heterocycles. The molecule has 0 bridgehead atoms. The molecule has 0 aliphatic carbocycles. The van der Waals surface area contributed by atoms with Gasteiger partial charge in [0.1, 0.15) is 10.8 Å². The Kier molecular flexibility index (Phi) is 2.57. The molecule has 1 rings (SSSR count). The molecule has 68 valence electrons. The largest absolute Gasteiger partial charge is 0.383 e. The van der Waals surface area contributed by atoms with Crippen LogP contribution < -0.4 is 10.6 Å². The van der Waals surface area contributed by atoms with E-state index in [1.165, 1.54) is 16.5 Å². The zero-order valence-corrected chi connectivity index (χ0v) is 8.77. The maximum atomic E-state index is 5.65. The Bertz CT molecular complexity index is 267. The number of aromatic nitrogens is 1. The summed E-state index contributed by atoms with van der Waals surface area (Å²) >= 11 is 1.46. The van der Waals surface area contributed by atoms with Gasteiger partial charge in [0.25, 0.3) is 0 Å². The van der Waals surface area contributed by atoms with Crippen molar-refractivity contribution in [2.24, 2.45) is 0 Å². The van der Waals surface area contributed by atoms with Crippen molar-refractivity contribution >= 4 is 22.4 Å². The van der Waals surface area contributed by atoms with Gasteiger partial charge in [0, 0.05) is 18.7 Å². The van der Waals surface area contributed by atoms with E-state index in [1.54, 1.807) is 0 Å². The molecule has 0 unspecified atom stereocenters. The lowest BCUT2D eigenvalue weighted by atomic mass is 10.3. The summed E-state index contributed by atoms with van der Waals surface area (Å²) < 4.78 is 4.10. The summed E-state index contributed by atoms with van der Waals surface area (Å²) in [6, 6.07) is 0.489. The van der Waals surface area contributed by atoms with E-state index in [4.69, 9.17) is 5.73 Å². The van der Waals surface area contributed by atoms with Crippen LogP contribution in [0.15, 0.2) is 0 Å². The number of nitrogens with zero attached hydrogens (tertiary/aromatic N) is 2. The highest BCUT2D eigenvalue weighted by Gasteiger charge is 2.12. The predicted octanol–water partition coefficient (Wildman–Crippen LogP) is 1.88. The van der Waals surface area contributed by atoms with Crippen molar-refractivity contribution in [1.29, 1.82) is 0 Å². The number of nitrogen functional groups attached to an aromatic ring is 1. The van der Waals surface area contributed by atoms with E-state index in [-0.39, 0.29) is 0 Å². The summed E-state index contributed by atoms with van der Waals surface area (Å²) in [5.41, 5.74) is 6.74. The summed E-state index contributed by atoms with van der Waals surface area (Å²) in [5, 5.41) is 1.17. The van der Waals surface area contributed by atoms with Crippen LogP contribution >= 0.6 is 11.5 Å². The Morgan fingerprint density at radius 2 is 2.08 bits per heavy atom. The smallest absolute Gasteiger partial charge is 0.142 e. The van der Waals surface area contributed by atoms with Gasteiger partial charge in [-0.1, -0.05) is 0 Å². The van der Waals surface area contributed by atoms with Crippen LogP contribution in [-0.4, -0.2) is 17.5 Å². The van der Waals surface area contributed by atoms with Gasteiger partial charge in [-0.15, -0.1) is 0 Å². The van der Waals surface area contributed by atoms with E-state index in [0.717, 1.165) is 5.56 Å². The summed E-state index contributed by atoms with van der Waals surface area (Å²) in [6.45, 7) is 6.30. The Morgan fingerprint density at radius 3 is 2.42 bits per heavy atom. The SMILES string of the molecule is Cc1c(N)nsc1N(C)C(C)C. The van der Waals surface area contributed by atoms with Gasteiger partial charge in [-0.05, 0) is 32.3 Å². The summed E-state index contributed by atoms with van der Waals surface area (Å²) in [5.74, 6) is 0.655. The highest BCUT2D eigenvalue weighted by molar-refractivity contribution is 7.10. The Hall–Kier alpha value is -0.770. The molecule has 1 aromatic heterocycles. The van der Waals surface area contributed by atoms with Gasteiger partial charge in [0.15, 0.2) is 0 Å². The molecule has 0 aliphatic rings. The first-order valence-electron chi connectivity index (χ1n) is 3.98. The third kappa shape index (κ3) is 1.53. The lowest BCUT2D eigenvalue weighted by Gasteiger charge is -2.21. The monoisotopic (exact) mass is 185 g/mol. The normalized spacial score (nSPS) is 10.8. The fraction of sp³-hybridized carbons (Fsp3) is 0.625. The molecule has 0 fully saturated rings. The Balaban J connectivity index is 2.95. The van der Waals surface area contributed by atoms with E-state index in [2.05, 4.69) is 30.2 Å². The fourth-order valence-corrected chi connectivity index (χ4v) is 1.81. The molecule has 0 saturated heterocycles.